The Morgan fingerprint density at radius 2 is 2.00 bits per heavy atom. The number of carbonyl (C=O) groups is 1. The first-order valence-electron chi connectivity index (χ1n) is 4.46. The van der Waals surface area contributed by atoms with Gasteiger partial charge >= 0.3 is 12.1 Å². The number of benzene rings is 1. The molecule has 0 aliphatic heterocycles. The normalized spacial score (nSPS) is 11.2. The van der Waals surface area contributed by atoms with Crippen molar-refractivity contribution in [3.8, 4) is 5.75 Å². The monoisotopic (exact) mass is 250 g/mol. The summed E-state index contributed by atoms with van der Waals surface area (Å²) in [6.45, 7) is 1.85. The molecule has 88 valence electrons. The molecule has 0 aliphatic rings. The van der Waals surface area contributed by atoms with Crippen LogP contribution in [0.25, 0.3) is 0 Å². The number of hydrogen-bond donors (Lipinski definition) is 0. The van der Waals surface area contributed by atoms with Gasteiger partial charge in [0, 0.05) is 0 Å². The van der Waals surface area contributed by atoms with E-state index in [4.69, 9.17) is 0 Å². The second-order valence-corrected chi connectivity index (χ2v) is 4.07. The third-order valence-corrected chi connectivity index (χ3v) is 2.52. The van der Waals surface area contributed by atoms with E-state index in [1.807, 2.05) is 6.92 Å². The molecule has 0 bridgehead atoms. The van der Waals surface area contributed by atoms with Gasteiger partial charge in [-0.15, -0.1) is 11.8 Å². The lowest BCUT2D eigenvalue weighted by atomic mass is 10.3. The van der Waals surface area contributed by atoms with Crippen molar-refractivity contribution in [1.29, 1.82) is 0 Å². The Labute approximate surface area is 94.8 Å². The van der Waals surface area contributed by atoms with Crippen LogP contribution >= 0.6 is 11.8 Å². The lowest BCUT2D eigenvalue weighted by Crippen LogP contribution is -2.28. The molecule has 0 amide bonds. The second-order valence-electron chi connectivity index (χ2n) is 2.77. The Kier molecular flexibility index (Phi) is 4.23. The highest BCUT2D eigenvalue weighted by Crippen LogP contribution is 2.30. The first-order chi connectivity index (χ1) is 7.45. The predicted molar refractivity (Wildman–Crippen MR) is 54.5 cm³/mol. The molecule has 0 saturated heterocycles. The Bertz CT molecular complexity index is 377. The molecule has 1 aromatic carbocycles. The summed E-state index contributed by atoms with van der Waals surface area (Å²) in [5, 5.41) is 0. The highest BCUT2D eigenvalue weighted by Gasteiger charge is 2.41. The molecule has 0 heterocycles. The lowest BCUT2D eigenvalue weighted by molar-refractivity contribution is -0.189. The van der Waals surface area contributed by atoms with Gasteiger partial charge in [0.15, 0.2) is 0 Å². The highest BCUT2D eigenvalue weighted by molar-refractivity contribution is 7.99. The molecule has 0 atom stereocenters. The van der Waals surface area contributed by atoms with E-state index >= 15 is 0 Å². The molecular formula is C10H9F3O2S. The number of ether oxygens (including phenoxy) is 1. The Hall–Kier alpha value is -1.17. The summed E-state index contributed by atoms with van der Waals surface area (Å²) >= 11 is 1.31. The fraction of sp³-hybridized carbons (Fsp3) is 0.300. The van der Waals surface area contributed by atoms with Crippen molar-refractivity contribution >= 4 is 17.7 Å². The van der Waals surface area contributed by atoms with Crippen molar-refractivity contribution < 1.29 is 22.7 Å². The van der Waals surface area contributed by atoms with Gasteiger partial charge in [0.2, 0.25) is 0 Å². The van der Waals surface area contributed by atoms with Crippen molar-refractivity contribution in [2.24, 2.45) is 0 Å². The van der Waals surface area contributed by atoms with Gasteiger partial charge in [0.1, 0.15) is 5.75 Å². The number of alkyl halides is 3. The Balaban J connectivity index is 2.84. The topological polar surface area (TPSA) is 26.3 Å². The van der Waals surface area contributed by atoms with Crippen LogP contribution < -0.4 is 4.74 Å². The fourth-order valence-corrected chi connectivity index (χ4v) is 1.70. The largest absolute Gasteiger partial charge is 0.491 e. The van der Waals surface area contributed by atoms with Gasteiger partial charge in [0.05, 0.1) is 4.90 Å². The van der Waals surface area contributed by atoms with Crippen molar-refractivity contribution in [3.05, 3.63) is 24.3 Å². The molecule has 0 unspecified atom stereocenters. The van der Waals surface area contributed by atoms with Gasteiger partial charge in [-0.1, -0.05) is 19.1 Å². The SMILES string of the molecule is CCSc1ccccc1OC(=O)C(F)(F)F. The van der Waals surface area contributed by atoms with Crippen LogP contribution in [-0.2, 0) is 4.79 Å². The van der Waals surface area contributed by atoms with Crippen molar-refractivity contribution in [2.45, 2.75) is 18.0 Å². The number of halogens is 3. The first kappa shape index (κ1) is 12.9. The van der Waals surface area contributed by atoms with Crippen LogP contribution in [0.2, 0.25) is 0 Å². The van der Waals surface area contributed by atoms with E-state index in [1.54, 1.807) is 12.1 Å². The van der Waals surface area contributed by atoms with Crippen LogP contribution in [0.1, 0.15) is 6.92 Å². The predicted octanol–water partition coefficient (Wildman–Crippen LogP) is 3.27. The van der Waals surface area contributed by atoms with Crippen LogP contribution in [0.15, 0.2) is 29.2 Å². The highest BCUT2D eigenvalue weighted by atomic mass is 32.2. The average molecular weight is 250 g/mol. The zero-order valence-corrected chi connectivity index (χ0v) is 9.19. The molecule has 0 aromatic heterocycles. The van der Waals surface area contributed by atoms with Gasteiger partial charge in [0.25, 0.3) is 0 Å². The standard InChI is InChI=1S/C10H9F3O2S/c1-2-16-8-6-4-3-5-7(8)15-9(14)10(11,12)13/h3-6H,2H2,1H3. The number of esters is 1. The third kappa shape index (κ3) is 3.44. The number of carbonyl (C=O) groups excluding carboxylic acids is 1. The van der Waals surface area contributed by atoms with E-state index in [0.717, 1.165) is 0 Å². The number of hydrogen-bond acceptors (Lipinski definition) is 3. The number of para-hydroxylation sites is 1. The van der Waals surface area contributed by atoms with E-state index in [-0.39, 0.29) is 5.75 Å². The van der Waals surface area contributed by atoms with E-state index < -0.39 is 12.1 Å². The maximum absolute atomic E-state index is 12.0. The van der Waals surface area contributed by atoms with Crippen LogP contribution in [0, 0.1) is 0 Å². The van der Waals surface area contributed by atoms with E-state index in [2.05, 4.69) is 4.74 Å². The minimum atomic E-state index is -4.97. The molecular weight excluding hydrogens is 241 g/mol. The summed E-state index contributed by atoms with van der Waals surface area (Å²) in [5.41, 5.74) is 0. The van der Waals surface area contributed by atoms with E-state index in [0.29, 0.717) is 10.6 Å². The Morgan fingerprint density at radius 1 is 1.38 bits per heavy atom. The lowest BCUT2D eigenvalue weighted by Gasteiger charge is -2.10. The average Bonchev–Trinajstić information content (AvgIpc) is 2.20. The van der Waals surface area contributed by atoms with Gasteiger partial charge in [-0.2, -0.15) is 13.2 Å². The molecule has 1 rings (SSSR count). The summed E-state index contributed by atoms with van der Waals surface area (Å²) in [5.74, 6) is -1.58. The number of thioether (sulfide) groups is 1. The molecule has 0 fully saturated rings. The van der Waals surface area contributed by atoms with Crippen LogP contribution in [0.4, 0.5) is 13.2 Å². The molecule has 0 spiro atoms. The van der Waals surface area contributed by atoms with Crippen molar-refractivity contribution in [3.63, 3.8) is 0 Å². The molecule has 16 heavy (non-hydrogen) atoms. The third-order valence-electron chi connectivity index (χ3n) is 1.58. The molecule has 1 aromatic rings. The van der Waals surface area contributed by atoms with Crippen molar-refractivity contribution in [2.75, 3.05) is 5.75 Å². The zero-order valence-electron chi connectivity index (χ0n) is 8.38. The summed E-state index contributed by atoms with van der Waals surface area (Å²) in [6.07, 6.45) is -4.97. The summed E-state index contributed by atoms with van der Waals surface area (Å²) < 4.78 is 40.2. The molecule has 2 nitrogen and oxygen atoms in total. The van der Waals surface area contributed by atoms with Crippen LogP contribution in [0.3, 0.4) is 0 Å². The summed E-state index contributed by atoms with van der Waals surface area (Å²) in [6, 6.07) is 6.12. The molecule has 0 radical (unpaired) electrons. The van der Waals surface area contributed by atoms with Gasteiger partial charge < -0.3 is 4.74 Å². The van der Waals surface area contributed by atoms with Crippen LogP contribution in [-0.4, -0.2) is 17.9 Å². The Morgan fingerprint density at radius 3 is 2.56 bits per heavy atom. The minimum absolute atomic E-state index is 0.0586. The van der Waals surface area contributed by atoms with E-state index in [9.17, 15) is 18.0 Å². The van der Waals surface area contributed by atoms with Crippen molar-refractivity contribution in [1.82, 2.24) is 0 Å². The minimum Gasteiger partial charge on any atom is -0.419 e. The fourth-order valence-electron chi connectivity index (χ4n) is 0.967. The second kappa shape index (κ2) is 5.25. The summed E-state index contributed by atoms with van der Waals surface area (Å²) in [7, 11) is 0. The molecule has 0 aliphatic carbocycles. The molecule has 0 N–H and O–H groups in total. The van der Waals surface area contributed by atoms with Gasteiger partial charge in [-0.05, 0) is 17.9 Å². The maximum Gasteiger partial charge on any atom is 0.491 e. The first-order valence-corrected chi connectivity index (χ1v) is 5.44. The van der Waals surface area contributed by atoms with Gasteiger partial charge in [-0.25, -0.2) is 4.79 Å². The summed E-state index contributed by atoms with van der Waals surface area (Å²) in [4.78, 5) is 11.2. The van der Waals surface area contributed by atoms with Gasteiger partial charge in [-0.3, -0.25) is 0 Å². The zero-order chi connectivity index (χ0) is 12.2. The van der Waals surface area contributed by atoms with Crippen LogP contribution in [0.5, 0.6) is 5.75 Å². The molecule has 0 saturated carbocycles. The smallest absolute Gasteiger partial charge is 0.419 e. The number of rotatable bonds is 3. The maximum atomic E-state index is 12.0. The quantitative estimate of drug-likeness (QED) is 0.468. The van der Waals surface area contributed by atoms with E-state index in [1.165, 1.54) is 23.9 Å². The molecule has 6 heteroatoms.